The second-order valence-electron chi connectivity index (χ2n) is 6.48. The van der Waals surface area contributed by atoms with E-state index in [0.29, 0.717) is 10.9 Å². The zero-order valence-corrected chi connectivity index (χ0v) is 13.8. The van der Waals surface area contributed by atoms with Gasteiger partial charge in [0.1, 0.15) is 0 Å². The molecule has 2 N–H and O–H groups in total. The average Bonchev–Trinajstić information content (AvgIpc) is 2.48. The lowest BCUT2D eigenvalue weighted by Gasteiger charge is -2.36. The second-order valence-corrected chi connectivity index (χ2v) is 6.89. The Bertz CT molecular complexity index is 495. The smallest absolute Gasteiger partial charge is 0.226 e. The minimum Gasteiger partial charge on any atom is -0.349 e. The maximum Gasteiger partial charge on any atom is 0.226 e. The molecule has 1 aromatic carbocycles. The number of halogens is 1. The third-order valence-electron chi connectivity index (χ3n) is 4.62. The first-order valence-corrected chi connectivity index (χ1v) is 8.07. The first kappa shape index (κ1) is 16.3. The number of amides is 1. The van der Waals surface area contributed by atoms with Gasteiger partial charge in [-0.2, -0.15) is 0 Å². The van der Waals surface area contributed by atoms with E-state index in [1.807, 2.05) is 45.0 Å². The highest BCUT2D eigenvalue weighted by atomic mass is 35.5. The van der Waals surface area contributed by atoms with Crippen molar-refractivity contribution in [1.29, 1.82) is 0 Å². The van der Waals surface area contributed by atoms with Gasteiger partial charge in [0.05, 0.1) is 6.04 Å². The molecule has 116 valence electrons. The summed E-state index contributed by atoms with van der Waals surface area (Å²) in [6.45, 7) is 8.04. The number of hydrogen-bond acceptors (Lipinski definition) is 2. The Balaban J connectivity index is 2.04. The molecule has 0 aliphatic carbocycles. The van der Waals surface area contributed by atoms with E-state index in [1.165, 1.54) is 0 Å². The van der Waals surface area contributed by atoms with E-state index in [0.717, 1.165) is 31.5 Å². The highest BCUT2D eigenvalue weighted by Gasteiger charge is 2.37. The molecule has 1 fully saturated rings. The minimum absolute atomic E-state index is 0.0815. The molecule has 1 amide bonds. The Hall–Kier alpha value is -1.06. The first-order valence-electron chi connectivity index (χ1n) is 7.69. The molecular weight excluding hydrogens is 284 g/mol. The van der Waals surface area contributed by atoms with Gasteiger partial charge in [-0.1, -0.05) is 43.6 Å². The van der Waals surface area contributed by atoms with Gasteiger partial charge in [0.2, 0.25) is 5.91 Å². The van der Waals surface area contributed by atoms with Crippen LogP contribution in [0.5, 0.6) is 0 Å². The van der Waals surface area contributed by atoms with Gasteiger partial charge in [-0.05, 0) is 50.4 Å². The molecule has 1 aliphatic heterocycles. The lowest BCUT2D eigenvalue weighted by Crippen LogP contribution is -2.47. The normalized spacial score (nSPS) is 20.9. The second kappa shape index (κ2) is 6.80. The van der Waals surface area contributed by atoms with E-state index in [9.17, 15) is 4.79 Å². The van der Waals surface area contributed by atoms with Gasteiger partial charge in [-0.25, -0.2) is 0 Å². The molecule has 3 nitrogen and oxygen atoms in total. The average molecular weight is 309 g/mol. The van der Waals surface area contributed by atoms with E-state index in [1.54, 1.807) is 0 Å². The lowest BCUT2D eigenvalue weighted by molar-refractivity contribution is -0.133. The Morgan fingerprint density at radius 1 is 1.43 bits per heavy atom. The highest BCUT2D eigenvalue weighted by molar-refractivity contribution is 6.31. The van der Waals surface area contributed by atoms with Crippen molar-refractivity contribution in [3.8, 4) is 0 Å². The Labute approximate surface area is 132 Å². The zero-order chi connectivity index (χ0) is 15.5. The maximum absolute atomic E-state index is 12.7. The Kier molecular flexibility index (Phi) is 5.28. The number of carbonyl (C=O) groups excluding carboxylic acids is 1. The van der Waals surface area contributed by atoms with Crippen LogP contribution in [-0.4, -0.2) is 19.0 Å². The van der Waals surface area contributed by atoms with Crippen molar-refractivity contribution in [2.75, 3.05) is 13.1 Å². The van der Waals surface area contributed by atoms with E-state index in [-0.39, 0.29) is 17.4 Å². The quantitative estimate of drug-likeness (QED) is 0.893. The summed E-state index contributed by atoms with van der Waals surface area (Å²) < 4.78 is 0. The van der Waals surface area contributed by atoms with Gasteiger partial charge in [0.15, 0.2) is 0 Å². The van der Waals surface area contributed by atoms with Crippen LogP contribution in [0.2, 0.25) is 5.02 Å². The van der Waals surface area contributed by atoms with E-state index in [4.69, 9.17) is 11.6 Å². The van der Waals surface area contributed by atoms with Crippen LogP contribution in [0.25, 0.3) is 0 Å². The topological polar surface area (TPSA) is 41.1 Å². The van der Waals surface area contributed by atoms with Crippen molar-refractivity contribution < 1.29 is 4.79 Å². The number of hydrogen-bond donors (Lipinski definition) is 2. The summed E-state index contributed by atoms with van der Waals surface area (Å²) in [5, 5.41) is 7.21. The zero-order valence-electron chi connectivity index (χ0n) is 13.1. The lowest BCUT2D eigenvalue weighted by atomic mass is 9.74. The molecular formula is C17H25ClN2O. The van der Waals surface area contributed by atoms with Gasteiger partial charge in [0, 0.05) is 10.4 Å². The van der Waals surface area contributed by atoms with Crippen LogP contribution < -0.4 is 10.6 Å². The summed E-state index contributed by atoms with van der Waals surface area (Å²) in [5.41, 5.74) is 0.591. The number of piperidine rings is 1. The van der Waals surface area contributed by atoms with E-state index in [2.05, 4.69) is 10.6 Å². The summed E-state index contributed by atoms with van der Waals surface area (Å²) in [5.74, 6) is 0.480. The fraction of sp³-hybridized carbons (Fsp3) is 0.588. The predicted molar refractivity (Wildman–Crippen MR) is 87.4 cm³/mol. The van der Waals surface area contributed by atoms with Crippen LogP contribution in [0.3, 0.4) is 0 Å². The molecule has 0 aromatic heterocycles. The van der Waals surface area contributed by atoms with Crippen LogP contribution in [0.1, 0.15) is 45.2 Å². The predicted octanol–water partition coefficient (Wildman–Crippen LogP) is 3.54. The van der Waals surface area contributed by atoms with Crippen molar-refractivity contribution in [2.45, 2.75) is 39.7 Å². The molecule has 2 unspecified atom stereocenters. The van der Waals surface area contributed by atoms with Crippen LogP contribution in [-0.2, 0) is 4.79 Å². The van der Waals surface area contributed by atoms with Gasteiger partial charge in [-0.15, -0.1) is 0 Å². The third kappa shape index (κ3) is 3.78. The van der Waals surface area contributed by atoms with Crippen molar-refractivity contribution >= 4 is 17.5 Å². The monoisotopic (exact) mass is 308 g/mol. The summed E-state index contributed by atoms with van der Waals surface area (Å²) in [6, 6.07) is 7.58. The van der Waals surface area contributed by atoms with Gasteiger partial charge in [0.25, 0.3) is 0 Å². The van der Waals surface area contributed by atoms with E-state index < -0.39 is 0 Å². The number of rotatable bonds is 4. The standard InChI is InChI=1S/C17H25ClN2O/c1-12(14-8-4-5-9-15(14)18)20-16(21)17(2,3)13-7-6-10-19-11-13/h4-5,8-9,12-13,19H,6-7,10-11H2,1-3H3,(H,20,21). The molecule has 1 heterocycles. The molecule has 2 atom stereocenters. The van der Waals surface area contributed by atoms with Crippen LogP contribution >= 0.6 is 11.6 Å². The molecule has 0 radical (unpaired) electrons. The minimum atomic E-state index is -0.372. The molecule has 0 saturated carbocycles. The number of carbonyl (C=O) groups is 1. The number of benzene rings is 1. The van der Waals surface area contributed by atoms with Crippen molar-refractivity contribution in [2.24, 2.45) is 11.3 Å². The van der Waals surface area contributed by atoms with Gasteiger partial charge >= 0.3 is 0 Å². The van der Waals surface area contributed by atoms with Crippen LogP contribution in [0.15, 0.2) is 24.3 Å². The molecule has 2 rings (SSSR count). The van der Waals surface area contributed by atoms with Crippen LogP contribution in [0, 0.1) is 11.3 Å². The van der Waals surface area contributed by atoms with Crippen molar-refractivity contribution in [3.63, 3.8) is 0 Å². The summed E-state index contributed by atoms with van der Waals surface area (Å²) >= 11 is 6.20. The van der Waals surface area contributed by atoms with E-state index >= 15 is 0 Å². The van der Waals surface area contributed by atoms with Gasteiger partial charge in [-0.3, -0.25) is 4.79 Å². The fourth-order valence-electron chi connectivity index (χ4n) is 2.94. The molecule has 1 saturated heterocycles. The maximum atomic E-state index is 12.7. The Morgan fingerprint density at radius 3 is 2.76 bits per heavy atom. The molecule has 1 aliphatic rings. The molecule has 21 heavy (non-hydrogen) atoms. The summed E-state index contributed by atoms with van der Waals surface area (Å²) in [7, 11) is 0. The summed E-state index contributed by atoms with van der Waals surface area (Å²) in [6.07, 6.45) is 2.25. The van der Waals surface area contributed by atoms with Crippen molar-refractivity contribution in [3.05, 3.63) is 34.9 Å². The largest absolute Gasteiger partial charge is 0.349 e. The Morgan fingerprint density at radius 2 is 2.14 bits per heavy atom. The van der Waals surface area contributed by atoms with Gasteiger partial charge < -0.3 is 10.6 Å². The van der Waals surface area contributed by atoms with Crippen molar-refractivity contribution in [1.82, 2.24) is 10.6 Å². The summed E-state index contributed by atoms with van der Waals surface area (Å²) in [4.78, 5) is 12.7. The third-order valence-corrected chi connectivity index (χ3v) is 4.97. The molecule has 0 bridgehead atoms. The fourth-order valence-corrected chi connectivity index (χ4v) is 3.24. The first-order chi connectivity index (χ1) is 9.93. The molecule has 0 spiro atoms. The molecule has 1 aromatic rings. The SMILES string of the molecule is CC(NC(=O)C(C)(C)C1CCCNC1)c1ccccc1Cl. The highest BCUT2D eigenvalue weighted by Crippen LogP contribution is 2.33. The molecule has 4 heteroatoms. The number of nitrogens with one attached hydrogen (secondary N) is 2. The van der Waals surface area contributed by atoms with Crippen LogP contribution in [0.4, 0.5) is 0 Å².